The molecule has 86 valence electrons. The summed E-state index contributed by atoms with van der Waals surface area (Å²) in [4.78, 5) is 4.24. The molecule has 0 atom stereocenters. The molecule has 5 nitrogen and oxygen atoms in total. The fourth-order valence-corrected chi connectivity index (χ4v) is 3.34. The summed E-state index contributed by atoms with van der Waals surface area (Å²) in [6.45, 7) is 1.93. The van der Waals surface area contributed by atoms with Crippen LogP contribution < -0.4 is 5.14 Å². The van der Waals surface area contributed by atoms with E-state index in [0.717, 1.165) is 5.75 Å². The monoisotopic (exact) mass is 258 g/mol. The maximum absolute atomic E-state index is 11.5. The van der Waals surface area contributed by atoms with Crippen molar-refractivity contribution in [1.82, 2.24) is 9.38 Å². The maximum Gasteiger partial charge on any atom is 0.256 e. The molecule has 2 heterocycles. The van der Waals surface area contributed by atoms with Crippen molar-refractivity contribution in [1.29, 1.82) is 0 Å². The molecular formula is C9H11N3O2S2. The van der Waals surface area contributed by atoms with E-state index in [2.05, 4.69) is 4.98 Å². The van der Waals surface area contributed by atoms with E-state index in [1.54, 1.807) is 24.4 Å². The van der Waals surface area contributed by atoms with Crippen LogP contribution in [0.15, 0.2) is 34.4 Å². The summed E-state index contributed by atoms with van der Waals surface area (Å²) in [5, 5.41) is 5.72. The van der Waals surface area contributed by atoms with Gasteiger partial charge in [-0.05, 0) is 17.9 Å². The lowest BCUT2D eigenvalue weighted by Crippen LogP contribution is -2.15. The number of thioether (sulfide) groups is 1. The smallest absolute Gasteiger partial charge is 0.256 e. The van der Waals surface area contributed by atoms with Gasteiger partial charge in [0, 0.05) is 6.20 Å². The van der Waals surface area contributed by atoms with Gasteiger partial charge in [0.15, 0.2) is 5.03 Å². The summed E-state index contributed by atoms with van der Waals surface area (Å²) < 4.78 is 24.5. The zero-order chi connectivity index (χ0) is 11.8. The predicted molar refractivity (Wildman–Crippen MR) is 63.0 cm³/mol. The van der Waals surface area contributed by atoms with Crippen LogP contribution in [0.1, 0.15) is 6.92 Å². The normalized spacial score (nSPS) is 12.1. The van der Waals surface area contributed by atoms with Gasteiger partial charge in [-0.25, -0.2) is 18.5 Å². The first kappa shape index (κ1) is 11.4. The highest BCUT2D eigenvalue weighted by Gasteiger charge is 2.21. The first-order valence-electron chi connectivity index (χ1n) is 4.66. The van der Waals surface area contributed by atoms with Crippen LogP contribution in [0.4, 0.5) is 0 Å². The summed E-state index contributed by atoms with van der Waals surface area (Å²) in [7, 11) is -3.76. The third-order valence-corrected chi connectivity index (χ3v) is 3.91. The van der Waals surface area contributed by atoms with Gasteiger partial charge in [-0.15, -0.1) is 11.8 Å². The molecule has 2 aromatic heterocycles. The highest BCUT2D eigenvalue weighted by atomic mass is 32.2. The Bertz CT molecular complexity index is 619. The highest BCUT2D eigenvalue weighted by Crippen LogP contribution is 2.25. The number of fused-ring (bicyclic) bond motifs is 1. The summed E-state index contributed by atoms with van der Waals surface area (Å²) in [5.74, 6) is 0.742. The van der Waals surface area contributed by atoms with E-state index < -0.39 is 10.0 Å². The van der Waals surface area contributed by atoms with Crippen molar-refractivity contribution in [2.75, 3.05) is 5.75 Å². The van der Waals surface area contributed by atoms with Crippen LogP contribution in [-0.4, -0.2) is 23.6 Å². The van der Waals surface area contributed by atoms with Crippen LogP contribution in [0.5, 0.6) is 0 Å². The lowest BCUT2D eigenvalue weighted by atomic mass is 10.5. The van der Waals surface area contributed by atoms with Crippen molar-refractivity contribution in [2.45, 2.75) is 17.0 Å². The Balaban J connectivity index is 2.80. The molecule has 0 aliphatic carbocycles. The molecule has 0 bridgehead atoms. The second kappa shape index (κ2) is 4.08. The average Bonchev–Trinajstić information content (AvgIpc) is 2.55. The molecule has 0 spiro atoms. The molecule has 2 aromatic rings. The number of hydrogen-bond acceptors (Lipinski definition) is 4. The van der Waals surface area contributed by atoms with Gasteiger partial charge in [0.1, 0.15) is 10.7 Å². The fraction of sp³-hybridized carbons (Fsp3) is 0.222. The van der Waals surface area contributed by atoms with Gasteiger partial charge < -0.3 is 0 Å². The first-order valence-corrected chi connectivity index (χ1v) is 7.20. The molecule has 0 saturated carbocycles. The van der Waals surface area contributed by atoms with Crippen LogP contribution in [0.2, 0.25) is 0 Å². The Hall–Kier alpha value is -1.05. The number of nitrogens with zero attached hydrogens (tertiary/aromatic N) is 2. The van der Waals surface area contributed by atoms with Gasteiger partial charge in [0.2, 0.25) is 0 Å². The number of imidazole rings is 1. The molecular weight excluding hydrogens is 247 g/mol. The molecule has 0 saturated heterocycles. The molecule has 2 N–H and O–H groups in total. The largest absolute Gasteiger partial charge is 0.288 e. The molecule has 0 aliphatic heterocycles. The Labute approximate surface area is 97.7 Å². The minimum Gasteiger partial charge on any atom is -0.288 e. The molecule has 0 aromatic carbocycles. The standard InChI is InChI=1S/C9H11N3O2S2/c1-2-15-8-9(16(10,13)14)12-6-4-3-5-7(12)11-8/h3-6H,2H2,1H3,(H2,10,13,14)/i9+1. The van der Waals surface area contributed by atoms with E-state index in [1.165, 1.54) is 16.2 Å². The summed E-state index contributed by atoms with van der Waals surface area (Å²) in [6, 6.07) is 5.29. The highest BCUT2D eigenvalue weighted by molar-refractivity contribution is 8.00. The van der Waals surface area contributed by atoms with Gasteiger partial charge in [0.05, 0.1) is 0 Å². The maximum atomic E-state index is 11.5. The second-order valence-electron chi connectivity index (χ2n) is 3.13. The zero-order valence-corrected chi connectivity index (χ0v) is 10.3. The summed E-state index contributed by atoms with van der Waals surface area (Å²) in [6.07, 6.45) is 1.64. The van der Waals surface area contributed by atoms with Crippen molar-refractivity contribution in [3.63, 3.8) is 0 Å². The van der Waals surface area contributed by atoms with Gasteiger partial charge >= 0.3 is 0 Å². The topological polar surface area (TPSA) is 77.5 Å². The number of sulfonamides is 1. The van der Waals surface area contributed by atoms with Gasteiger partial charge in [-0.2, -0.15) is 0 Å². The Morgan fingerprint density at radius 1 is 1.50 bits per heavy atom. The molecule has 0 amide bonds. The molecule has 7 heteroatoms. The summed E-state index contributed by atoms with van der Waals surface area (Å²) >= 11 is 1.36. The number of rotatable bonds is 3. The molecule has 0 aliphatic rings. The van der Waals surface area contributed by atoms with E-state index in [0.29, 0.717) is 10.7 Å². The molecule has 16 heavy (non-hydrogen) atoms. The van der Waals surface area contributed by atoms with Crippen LogP contribution in [0, 0.1) is 0 Å². The lowest BCUT2D eigenvalue weighted by Gasteiger charge is -2.00. The number of aromatic nitrogens is 2. The van der Waals surface area contributed by atoms with Crippen molar-refractivity contribution < 1.29 is 8.42 Å². The van der Waals surface area contributed by atoms with Crippen LogP contribution in [0.25, 0.3) is 5.65 Å². The fourth-order valence-electron chi connectivity index (χ4n) is 1.44. The van der Waals surface area contributed by atoms with E-state index in [-0.39, 0.29) is 5.03 Å². The Kier molecular flexibility index (Phi) is 2.92. The number of pyridine rings is 1. The van der Waals surface area contributed by atoms with Crippen molar-refractivity contribution in [3.05, 3.63) is 24.4 Å². The number of nitrogens with two attached hydrogens (primary N) is 1. The number of primary sulfonamides is 1. The van der Waals surface area contributed by atoms with E-state index >= 15 is 0 Å². The van der Waals surface area contributed by atoms with Gasteiger partial charge in [-0.3, -0.25) is 4.40 Å². The van der Waals surface area contributed by atoms with E-state index in [9.17, 15) is 8.42 Å². The molecule has 0 radical (unpaired) electrons. The average molecular weight is 258 g/mol. The number of hydrogen-bond donors (Lipinski definition) is 1. The third-order valence-electron chi connectivity index (χ3n) is 2.01. The third kappa shape index (κ3) is 1.93. The van der Waals surface area contributed by atoms with Gasteiger partial charge in [-0.1, -0.05) is 13.0 Å². The molecule has 2 rings (SSSR count). The SMILES string of the molecule is CCSc1nc2ccccn2[13c]1S(N)(=O)=O. The van der Waals surface area contributed by atoms with Crippen molar-refractivity contribution in [2.24, 2.45) is 5.14 Å². The summed E-state index contributed by atoms with van der Waals surface area (Å²) in [5.41, 5.74) is 0.586. The van der Waals surface area contributed by atoms with Crippen LogP contribution in [-0.2, 0) is 10.0 Å². The first-order chi connectivity index (χ1) is 7.54. The zero-order valence-electron chi connectivity index (χ0n) is 8.62. The van der Waals surface area contributed by atoms with Crippen molar-refractivity contribution >= 4 is 27.4 Å². The minimum atomic E-state index is -3.76. The van der Waals surface area contributed by atoms with Gasteiger partial charge in [0.25, 0.3) is 10.0 Å². The Morgan fingerprint density at radius 2 is 2.25 bits per heavy atom. The minimum absolute atomic E-state index is 0.0648. The molecule has 0 fully saturated rings. The van der Waals surface area contributed by atoms with Crippen LogP contribution >= 0.6 is 11.8 Å². The molecule has 0 unspecified atom stereocenters. The van der Waals surface area contributed by atoms with Crippen LogP contribution in [0.3, 0.4) is 0 Å². The predicted octanol–water partition coefficient (Wildman–Crippen LogP) is 1.09. The van der Waals surface area contributed by atoms with E-state index in [1.807, 2.05) is 6.92 Å². The lowest BCUT2D eigenvalue weighted by molar-refractivity contribution is 0.590. The quantitative estimate of drug-likeness (QED) is 0.836. The second-order valence-corrected chi connectivity index (χ2v) is 5.86. The van der Waals surface area contributed by atoms with E-state index in [4.69, 9.17) is 5.14 Å². The van der Waals surface area contributed by atoms with Crippen molar-refractivity contribution in [3.8, 4) is 0 Å². The Morgan fingerprint density at radius 3 is 2.88 bits per heavy atom.